The van der Waals surface area contributed by atoms with Gasteiger partial charge in [0.1, 0.15) is 146 Å². The van der Waals surface area contributed by atoms with Gasteiger partial charge in [-0.2, -0.15) is 0 Å². The first kappa shape index (κ1) is 53.3. The van der Waals surface area contributed by atoms with E-state index >= 15 is 0 Å². The summed E-state index contributed by atoms with van der Waals surface area (Å²) in [6.07, 6.45) is -56.5. The van der Waals surface area contributed by atoms with E-state index in [-0.39, 0.29) is 0 Å². The fourth-order valence-corrected chi connectivity index (χ4v) is 9.38. The second kappa shape index (κ2) is 22.5. The highest BCUT2D eigenvalue weighted by molar-refractivity contribution is 6.18. The average molecular weight is 1010 g/mol. The molecule has 0 aliphatic carbocycles. The van der Waals surface area contributed by atoms with Crippen LogP contribution in [0.25, 0.3) is 0 Å². The highest BCUT2D eigenvalue weighted by Gasteiger charge is 2.58. The Kier molecular flexibility index (Phi) is 18.1. The van der Waals surface area contributed by atoms with Crippen LogP contribution in [-0.2, 0) is 56.8 Å². The van der Waals surface area contributed by atoms with E-state index in [1.807, 2.05) is 0 Å². The number of rotatable bonds is 6. The summed E-state index contributed by atoms with van der Waals surface area (Å²) in [7, 11) is 0. The second-order valence-electron chi connectivity index (χ2n) is 16.8. The lowest BCUT2D eigenvalue weighted by atomic mass is 9.95. The molecule has 0 amide bonds. The molecular formula is C36H58Cl2O28. The van der Waals surface area contributed by atoms with Gasteiger partial charge in [0.2, 0.25) is 0 Å². The summed E-state index contributed by atoms with van der Waals surface area (Å²) >= 11 is 12.3. The molecule has 0 aromatic heterocycles. The van der Waals surface area contributed by atoms with Crippen LogP contribution in [0.5, 0.6) is 0 Å². The number of aliphatic hydroxyl groups is 16. The molecule has 28 nitrogen and oxygen atoms in total. The summed E-state index contributed by atoms with van der Waals surface area (Å²) in [5.74, 6) is -1.04. The van der Waals surface area contributed by atoms with Gasteiger partial charge in [0, 0.05) is 0 Å². The predicted molar refractivity (Wildman–Crippen MR) is 203 cm³/mol. The summed E-state index contributed by atoms with van der Waals surface area (Å²) in [5, 5.41) is 176. The molecule has 12 bridgehead atoms. The van der Waals surface area contributed by atoms with Crippen molar-refractivity contribution >= 4 is 23.2 Å². The monoisotopic (exact) mass is 1010 g/mol. The zero-order valence-electron chi connectivity index (χ0n) is 34.4. The van der Waals surface area contributed by atoms with Crippen LogP contribution in [-0.4, -0.2) is 304 Å². The van der Waals surface area contributed by atoms with E-state index in [1.165, 1.54) is 0 Å². The third-order valence-corrected chi connectivity index (χ3v) is 13.2. The number of halogens is 2. The van der Waals surface area contributed by atoms with Crippen molar-refractivity contribution in [3.05, 3.63) is 0 Å². The van der Waals surface area contributed by atoms with Gasteiger partial charge in [-0.1, -0.05) is 0 Å². The minimum atomic E-state index is -2.11. The molecule has 30 atom stereocenters. The Morgan fingerprint density at radius 1 is 0.227 bits per heavy atom. The number of aliphatic hydroxyl groups excluding tert-OH is 16. The lowest BCUT2D eigenvalue weighted by Gasteiger charge is -2.50. The molecule has 0 radical (unpaired) electrons. The fraction of sp³-hybridized carbons (Fsp3) is 1.00. The van der Waals surface area contributed by atoms with Gasteiger partial charge >= 0.3 is 0 Å². The van der Waals surface area contributed by atoms with E-state index in [0.29, 0.717) is 0 Å². The van der Waals surface area contributed by atoms with Crippen LogP contribution in [0, 0.1) is 0 Å². The molecule has 0 spiro atoms. The molecule has 0 aromatic carbocycles. The van der Waals surface area contributed by atoms with Crippen molar-refractivity contribution in [3.63, 3.8) is 0 Å². The van der Waals surface area contributed by atoms with Gasteiger partial charge in [-0.3, -0.25) is 0 Å². The second-order valence-corrected chi connectivity index (χ2v) is 17.4. The van der Waals surface area contributed by atoms with Crippen molar-refractivity contribution in [1.82, 2.24) is 0 Å². The minimum absolute atomic E-state index is 0.521. The molecule has 30 heteroatoms. The number of hydrogen-bond acceptors (Lipinski definition) is 28. The first-order chi connectivity index (χ1) is 31.4. The molecule has 66 heavy (non-hydrogen) atoms. The van der Waals surface area contributed by atoms with E-state index in [2.05, 4.69) is 0 Å². The molecule has 0 unspecified atom stereocenters. The average Bonchev–Trinajstić information content (AvgIpc) is 3.31. The largest absolute Gasteiger partial charge is 0.394 e. The van der Waals surface area contributed by atoms with E-state index in [0.717, 1.165) is 0 Å². The Morgan fingerprint density at radius 3 is 0.530 bits per heavy atom. The molecule has 16 N–H and O–H groups in total. The molecule has 22 saturated heterocycles. The van der Waals surface area contributed by atoms with Crippen LogP contribution < -0.4 is 0 Å². The summed E-state index contributed by atoms with van der Waals surface area (Å²) in [4.78, 5) is 0. The molecule has 22 rings (SSSR count). The molecule has 0 aromatic rings. The van der Waals surface area contributed by atoms with E-state index < -0.39 is 222 Å². The van der Waals surface area contributed by atoms with Crippen molar-refractivity contribution in [3.8, 4) is 0 Å². The quantitative estimate of drug-likeness (QED) is 0.110. The van der Waals surface area contributed by atoms with E-state index in [1.54, 1.807) is 0 Å². The fourth-order valence-electron chi connectivity index (χ4n) is 8.88. The molecule has 22 aliphatic rings. The van der Waals surface area contributed by atoms with Crippen molar-refractivity contribution in [2.24, 2.45) is 0 Å². The number of alkyl halides is 2. The highest BCUT2D eigenvalue weighted by Crippen LogP contribution is 2.38. The van der Waals surface area contributed by atoms with Gasteiger partial charge in [-0.25, -0.2) is 0 Å². The van der Waals surface area contributed by atoms with Crippen LogP contribution >= 0.6 is 23.2 Å². The summed E-state index contributed by atoms with van der Waals surface area (Å²) < 4.78 is 68.6. The maximum atomic E-state index is 11.3. The van der Waals surface area contributed by atoms with Crippen LogP contribution in [0.3, 0.4) is 0 Å². The molecule has 22 fully saturated rings. The third-order valence-electron chi connectivity index (χ3n) is 12.6. The van der Waals surface area contributed by atoms with Crippen molar-refractivity contribution < 1.29 is 139 Å². The zero-order valence-corrected chi connectivity index (χ0v) is 35.9. The van der Waals surface area contributed by atoms with Crippen LogP contribution in [0.2, 0.25) is 0 Å². The summed E-state index contributed by atoms with van der Waals surface area (Å²) in [6, 6.07) is 0. The summed E-state index contributed by atoms with van der Waals surface area (Å²) in [5.41, 5.74) is 0. The van der Waals surface area contributed by atoms with Crippen molar-refractivity contribution in [1.29, 1.82) is 0 Å². The Hall–Kier alpha value is -0.540. The Balaban J connectivity index is 1.19. The topological polar surface area (TPSA) is 434 Å². The lowest BCUT2D eigenvalue weighted by molar-refractivity contribution is -0.401. The van der Waals surface area contributed by atoms with Gasteiger partial charge in [-0.15, -0.1) is 23.2 Å². The van der Waals surface area contributed by atoms with Crippen LogP contribution in [0.1, 0.15) is 0 Å². The third kappa shape index (κ3) is 10.2. The molecule has 22 aliphatic heterocycles. The minimum Gasteiger partial charge on any atom is -0.394 e. The van der Waals surface area contributed by atoms with E-state index in [4.69, 9.17) is 80.0 Å². The van der Waals surface area contributed by atoms with Gasteiger partial charge in [0.25, 0.3) is 0 Å². The lowest BCUT2D eigenvalue weighted by Crippen LogP contribution is -2.69. The van der Waals surface area contributed by atoms with E-state index in [9.17, 15) is 81.7 Å². The van der Waals surface area contributed by atoms with Gasteiger partial charge in [0.15, 0.2) is 37.7 Å². The SMILES string of the molecule is OC[C@H]1O[C@@H]2O[C@H]3[C@H](O)[C@@H](O)[C@@H](O[C@H]4[C@H](O)[C@@H](O)[C@@H](O[C@H]5[C@H](O)[C@@H](O)[C@@H](O[C@H]6[C@H](O)[C@@H](O)[C@@H](O[C@H]7[C@H](O)[C@@H](O)[C@@H](O[C@H]1[C@H](O)[C@H]2O)O[C@@H]7CO)O[C@@H]6CCl)O[C@@H]5CO)O[C@@H]4CO)O[C@@H]3CCl. The highest BCUT2D eigenvalue weighted by atomic mass is 35.5. The van der Waals surface area contributed by atoms with Crippen LogP contribution in [0.4, 0.5) is 0 Å². The standard InChI is InChI=1S/C36H58Cl2O28/c37-1-7-25-13(43)19(49)31(55-7)63-27-9(3-39)59-35(23(53)17(27)47)66-30-12(6-42)58-34(22(52)16(30)46)62-26-8(2-38)56-32(20(50)14(26)44)64-28-10(4-40)60-36(24(54)18(28)48)65-29-11(5-41)57-33(61-25)21(51)15(29)45/h7-36,39-54H,1-6H2/t7-,8-,9-,10-,11-,12-,13-,14-,15-,16-,17-,18-,19-,20-,21-,22-,23-,24-,25-,26-,27-,28-,29-,30-,31-,32-,33-,34-,35-,36-/m1/s1. The Morgan fingerprint density at radius 2 is 0.379 bits per heavy atom. The maximum absolute atomic E-state index is 11.3. The predicted octanol–water partition coefficient (Wildman–Crippen LogP) is -10.6. The molecule has 384 valence electrons. The maximum Gasteiger partial charge on any atom is 0.187 e. The van der Waals surface area contributed by atoms with Crippen molar-refractivity contribution in [2.45, 2.75) is 184 Å². The molecule has 22 heterocycles. The Bertz CT molecular complexity index is 1240. The smallest absolute Gasteiger partial charge is 0.187 e. The normalized spacial score (nSPS) is 55.4. The number of hydrogen-bond donors (Lipinski definition) is 16. The molecular weight excluding hydrogens is 951 g/mol. The number of ether oxygens (including phenoxy) is 12. The van der Waals surface area contributed by atoms with Gasteiger partial charge < -0.3 is 139 Å². The van der Waals surface area contributed by atoms with Crippen LogP contribution in [0.15, 0.2) is 0 Å². The first-order valence-electron chi connectivity index (χ1n) is 21.0. The van der Waals surface area contributed by atoms with Gasteiger partial charge in [0.05, 0.1) is 38.2 Å². The van der Waals surface area contributed by atoms with Crippen molar-refractivity contribution in [2.75, 3.05) is 38.2 Å². The zero-order chi connectivity index (χ0) is 48.0. The van der Waals surface area contributed by atoms with Gasteiger partial charge in [-0.05, 0) is 0 Å². The first-order valence-corrected chi connectivity index (χ1v) is 22.1. The Labute approximate surface area is 383 Å². The summed E-state index contributed by atoms with van der Waals surface area (Å²) in [6.45, 7) is -3.86. The molecule has 0 saturated carbocycles.